The number of nitrogens with zero attached hydrogens (tertiary/aromatic N) is 1. The standard InChI is InChI=1S/C13H16FNO3/c1-8(2)15(7-16)12(13(17)18)10-5-4-9(3)11(14)6-10/h4-8,12H,1-3H3,(H,17,18). The van der Waals surface area contributed by atoms with E-state index in [0.29, 0.717) is 12.0 Å². The lowest BCUT2D eigenvalue weighted by molar-refractivity contribution is -0.148. The van der Waals surface area contributed by atoms with Crippen molar-refractivity contribution in [3.8, 4) is 0 Å². The zero-order valence-electron chi connectivity index (χ0n) is 10.6. The molecule has 1 aromatic rings. The molecule has 1 N–H and O–H groups in total. The molecule has 1 aromatic carbocycles. The van der Waals surface area contributed by atoms with Crippen molar-refractivity contribution in [3.05, 3.63) is 35.1 Å². The van der Waals surface area contributed by atoms with Crippen LogP contribution in [0.15, 0.2) is 18.2 Å². The molecule has 5 heteroatoms. The first kappa shape index (κ1) is 14.2. The van der Waals surface area contributed by atoms with E-state index in [-0.39, 0.29) is 11.6 Å². The van der Waals surface area contributed by atoms with Crippen molar-refractivity contribution in [3.63, 3.8) is 0 Å². The van der Waals surface area contributed by atoms with Crippen LogP contribution in [0, 0.1) is 12.7 Å². The Morgan fingerprint density at radius 1 is 1.44 bits per heavy atom. The molecule has 0 bridgehead atoms. The van der Waals surface area contributed by atoms with E-state index < -0.39 is 17.8 Å². The third kappa shape index (κ3) is 2.85. The van der Waals surface area contributed by atoms with Crippen molar-refractivity contribution in [2.24, 2.45) is 0 Å². The lowest BCUT2D eigenvalue weighted by Crippen LogP contribution is -2.38. The van der Waals surface area contributed by atoms with Gasteiger partial charge < -0.3 is 10.0 Å². The maximum absolute atomic E-state index is 13.5. The van der Waals surface area contributed by atoms with Crippen LogP contribution in [0.5, 0.6) is 0 Å². The minimum Gasteiger partial charge on any atom is -0.479 e. The van der Waals surface area contributed by atoms with Crippen molar-refractivity contribution >= 4 is 12.4 Å². The summed E-state index contributed by atoms with van der Waals surface area (Å²) in [4.78, 5) is 23.4. The molecule has 1 amide bonds. The van der Waals surface area contributed by atoms with Crippen LogP contribution in [0.2, 0.25) is 0 Å². The van der Waals surface area contributed by atoms with Crippen molar-refractivity contribution in [2.75, 3.05) is 0 Å². The van der Waals surface area contributed by atoms with Crippen LogP contribution >= 0.6 is 0 Å². The zero-order chi connectivity index (χ0) is 13.9. The molecule has 98 valence electrons. The monoisotopic (exact) mass is 253 g/mol. The second-order valence-electron chi connectivity index (χ2n) is 4.40. The van der Waals surface area contributed by atoms with E-state index in [9.17, 15) is 19.1 Å². The van der Waals surface area contributed by atoms with E-state index in [0.717, 1.165) is 11.0 Å². The van der Waals surface area contributed by atoms with Gasteiger partial charge in [-0.15, -0.1) is 0 Å². The summed E-state index contributed by atoms with van der Waals surface area (Å²) >= 11 is 0. The smallest absolute Gasteiger partial charge is 0.331 e. The lowest BCUT2D eigenvalue weighted by Gasteiger charge is -2.29. The molecule has 0 aliphatic carbocycles. The number of hydrogen-bond donors (Lipinski definition) is 1. The molecular formula is C13H16FNO3. The van der Waals surface area contributed by atoms with Gasteiger partial charge in [0.15, 0.2) is 6.04 Å². The molecule has 0 aliphatic rings. The first-order valence-electron chi connectivity index (χ1n) is 5.60. The van der Waals surface area contributed by atoms with Crippen molar-refractivity contribution < 1.29 is 19.1 Å². The van der Waals surface area contributed by atoms with Gasteiger partial charge in [-0.3, -0.25) is 4.79 Å². The number of aliphatic carboxylic acids is 1. The van der Waals surface area contributed by atoms with Gasteiger partial charge in [-0.1, -0.05) is 12.1 Å². The highest BCUT2D eigenvalue weighted by atomic mass is 19.1. The topological polar surface area (TPSA) is 57.6 Å². The largest absolute Gasteiger partial charge is 0.479 e. The van der Waals surface area contributed by atoms with E-state index in [1.807, 2.05) is 0 Å². The summed E-state index contributed by atoms with van der Waals surface area (Å²) < 4.78 is 13.5. The van der Waals surface area contributed by atoms with Crippen molar-refractivity contribution in [1.29, 1.82) is 0 Å². The Labute approximate surface area is 105 Å². The number of carbonyl (C=O) groups excluding carboxylic acids is 1. The number of rotatable bonds is 5. The number of carbonyl (C=O) groups is 2. The van der Waals surface area contributed by atoms with Crippen LogP contribution in [0.3, 0.4) is 0 Å². The Morgan fingerprint density at radius 2 is 2.06 bits per heavy atom. The predicted molar refractivity (Wildman–Crippen MR) is 64.6 cm³/mol. The lowest BCUT2D eigenvalue weighted by atomic mass is 10.0. The molecule has 0 saturated heterocycles. The molecule has 0 radical (unpaired) electrons. The quantitative estimate of drug-likeness (QED) is 0.818. The third-order valence-corrected chi connectivity index (χ3v) is 2.76. The molecule has 0 saturated carbocycles. The minimum absolute atomic E-state index is 0.256. The summed E-state index contributed by atoms with van der Waals surface area (Å²) in [5.74, 6) is -1.66. The van der Waals surface area contributed by atoms with Gasteiger partial charge in [0.25, 0.3) is 0 Å². The Morgan fingerprint density at radius 3 is 2.44 bits per heavy atom. The van der Waals surface area contributed by atoms with Gasteiger partial charge in [-0.2, -0.15) is 0 Å². The van der Waals surface area contributed by atoms with E-state index in [1.165, 1.54) is 12.1 Å². The SMILES string of the molecule is Cc1ccc(C(C(=O)O)N(C=O)C(C)C)cc1F. The zero-order valence-corrected chi connectivity index (χ0v) is 10.6. The minimum atomic E-state index is -1.18. The summed E-state index contributed by atoms with van der Waals surface area (Å²) in [6, 6.07) is 2.73. The van der Waals surface area contributed by atoms with Gasteiger partial charge in [0.05, 0.1) is 0 Å². The predicted octanol–water partition coefficient (Wildman–Crippen LogP) is 2.13. The highest BCUT2D eigenvalue weighted by molar-refractivity contribution is 5.78. The average molecular weight is 253 g/mol. The summed E-state index contributed by atoms with van der Waals surface area (Å²) in [6.07, 6.45) is 0.473. The number of benzene rings is 1. The third-order valence-electron chi connectivity index (χ3n) is 2.76. The van der Waals surface area contributed by atoms with E-state index in [4.69, 9.17) is 0 Å². The molecule has 0 aromatic heterocycles. The van der Waals surface area contributed by atoms with Gasteiger partial charge in [-0.25, -0.2) is 9.18 Å². The maximum Gasteiger partial charge on any atom is 0.331 e. The molecule has 0 heterocycles. The molecule has 0 aliphatic heterocycles. The van der Waals surface area contributed by atoms with Crippen LogP contribution in [-0.4, -0.2) is 28.4 Å². The first-order chi connectivity index (χ1) is 8.38. The average Bonchev–Trinajstić information content (AvgIpc) is 2.28. The van der Waals surface area contributed by atoms with Gasteiger partial charge in [0.1, 0.15) is 5.82 Å². The molecule has 0 fully saturated rings. The summed E-state index contributed by atoms with van der Waals surface area (Å²) in [6.45, 7) is 5.00. The molecule has 18 heavy (non-hydrogen) atoms. The molecular weight excluding hydrogens is 237 g/mol. The van der Waals surface area contributed by atoms with Crippen molar-refractivity contribution in [2.45, 2.75) is 32.9 Å². The fourth-order valence-electron chi connectivity index (χ4n) is 1.70. The fraction of sp³-hybridized carbons (Fsp3) is 0.385. The van der Waals surface area contributed by atoms with Crippen LogP contribution in [0.25, 0.3) is 0 Å². The molecule has 1 rings (SSSR count). The molecule has 1 atom stereocenters. The number of aryl methyl sites for hydroxylation is 1. The number of halogens is 1. The highest BCUT2D eigenvalue weighted by Crippen LogP contribution is 2.23. The van der Waals surface area contributed by atoms with Crippen LogP contribution in [-0.2, 0) is 9.59 Å². The van der Waals surface area contributed by atoms with Gasteiger partial charge >= 0.3 is 5.97 Å². The Kier molecular flexibility index (Phi) is 4.42. The highest BCUT2D eigenvalue weighted by Gasteiger charge is 2.28. The number of carboxylic acid groups (broad SMARTS) is 1. The Balaban J connectivity index is 3.23. The van der Waals surface area contributed by atoms with E-state index >= 15 is 0 Å². The number of carboxylic acids is 1. The number of hydrogen-bond acceptors (Lipinski definition) is 2. The normalized spacial score (nSPS) is 12.3. The summed E-state index contributed by atoms with van der Waals surface area (Å²) in [7, 11) is 0. The summed E-state index contributed by atoms with van der Waals surface area (Å²) in [5.41, 5.74) is 0.691. The molecule has 0 spiro atoms. The Hall–Kier alpha value is -1.91. The second kappa shape index (κ2) is 5.62. The van der Waals surface area contributed by atoms with Gasteiger partial charge in [0, 0.05) is 6.04 Å². The second-order valence-corrected chi connectivity index (χ2v) is 4.40. The fourth-order valence-corrected chi connectivity index (χ4v) is 1.70. The first-order valence-corrected chi connectivity index (χ1v) is 5.60. The van der Waals surface area contributed by atoms with Crippen LogP contribution < -0.4 is 0 Å². The maximum atomic E-state index is 13.5. The van der Waals surface area contributed by atoms with E-state index in [2.05, 4.69) is 0 Å². The van der Waals surface area contributed by atoms with Crippen molar-refractivity contribution in [1.82, 2.24) is 4.90 Å². The van der Waals surface area contributed by atoms with Gasteiger partial charge in [0.2, 0.25) is 6.41 Å². The molecule has 4 nitrogen and oxygen atoms in total. The summed E-state index contributed by atoms with van der Waals surface area (Å²) in [5, 5.41) is 9.21. The Bertz CT molecular complexity index is 460. The van der Waals surface area contributed by atoms with Crippen LogP contribution in [0.1, 0.15) is 31.0 Å². The molecule has 1 unspecified atom stereocenters. The van der Waals surface area contributed by atoms with E-state index in [1.54, 1.807) is 20.8 Å². The number of amides is 1. The van der Waals surface area contributed by atoms with Gasteiger partial charge in [-0.05, 0) is 38.0 Å². The van der Waals surface area contributed by atoms with Crippen LogP contribution in [0.4, 0.5) is 4.39 Å².